The Hall–Kier alpha value is -2.15. The molecule has 7 heteroatoms. The molecule has 0 atom stereocenters. The molecule has 0 bridgehead atoms. The Morgan fingerprint density at radius 3 is 2.85 bits per heavy atom. The maximum Gasteiger partial charge on any atom is 0.306 e. The molecule has 0 saturated carbocycles. The molecular weight excluding hydrogens is 262 g/mol. The average molecular weight is 277 g/mol. The second-order valence-corrected chi connectivity index (χ2v) is 4.87. The topological polar surface area (TPSA) is 92.6 Å². The number of piperidine rings is 1. The minimum absolute atomic E-state index is 0.229. The van der Waals surface area contributed by atoms with Gasteiger partial charge in [-0.15, -0.1) is 10.2 Å². The minimum Gasteiger partial charge on any atom is -0.481 e. The molecule has 0 spiro atoms. The third-order valence-electron chi connectivity index (χ3n) is 3.49. The first-order valence-electron chi connectivity index (χ1n) is 6.54. The molecule has 1 saturated heterocycles. The highest BCUT2D eigenvalue weighted by molar-refractivity contribution is 5.70. The Morgan fingerprint density at radius 1 is 1.40 bits per heavy atom. The predicted octanol–water partition coefficient (Wildman–Crippen LogP) is 1.63. The van der Waals surface area contributed by atoms with Crippen molar-refractivity contribution < 1.29 is 18.7 Å². The number of hydrogen-bond donors (Lipinski definition) is 1. The lowest BCUT2D eigenvalue weighted by atomic mass is 9.97. The average Bonchev–Trinajstić information content (AvgIpc) is 3.09. The number of nitrogens with zero attached hydrogens (tertiary/aromatic N) is 3. The standard InChI is InChI=1S/C13H15N3O4/c17-13(18)9-3-5-16(6-4-9)8-11-14-15-12(20-11)10-2-1-7-19-10/h1-2,7,9H,3-6,8H2,(H,17,18). The molecular formula is C13H15N3O4. The summed E-state index contributed by atoms with van der Waals surface area (Å²) < 4.78 is 10.7. The molecule has 3 heterocycles. The van der Waals surface area contributed by atoms with Gasteiger partial charge in [0, 0.05) is 0 Å². The third kappa shape index (κ3) is 2.72. The van der Waals surface area contributed by atoms with Crippen molar-refractivity contribution in [3.05, 3.63) is 24.3 Å². The second kappa shape index (κ2) is 5.46. The number of aromatic nitrogens is 2. The van der Waals surface area contributed by atoms with E-state index in [9.17, 15) is 4.79 Å². The number of furan rings is 1. The van der Waals surface area contributed by atoms with Gasteiger partial charge in [-0.05, 0) is 38.1 Å². The number of carboxylic acids is 1. The zero-order valence-corrected chi connectivity index (χ0v) is 10.9. The summed E-state index contributed by atoms with van der Waals surface area (Å²) in [6.45, 7) is 2.00. The summed E-state index contributed by atoms with van der Waals surface area (Å²) in [5.74, 6) is 0.499. The largest absolute Gasteiger partial charge is 0.481 e. The molecule has 0 aromatic carbocycles. The number of hydrogen-bond acceptors (Lipinski definition) is 6. The smallest absolute Gasteiger partial charge is 0.306 e. The van der Waals surface area contributed by atoms with Crippen LogP contribution in [0.4, 0.5) is 0 Å². The number of carboxylic acid groups (broad SMARTS) is 1. The Kier molecular flexibility index (Phi) is 3.51. The van der Waals surface area contributed by atoms with Crippen LogP contribution in [-0.4, -0.2) is 39.3 Å². The van der Waals surface area contributed by atoms with E-state index < -0.39 is 5.97 Å². The van der Waals surface area contributed by atoms with Gasteiger partial charge in [0.2, 0.25) is 5.89 Å². The van der Waals surface area contributed by atoms with E-state index in [1.807, 2.05) is 0 Å². The van der Waals surface area contributed by atoms with Gasteiger partial charge in [0.05, 0.1) is 18.7 Å². The Morgan fingerprint density at radius 2 is 2.20 bits per heavy atom. The van der Waals surface area contributed by atoms with Gasteiger partial charge in [0.25, 0.3) is 5.89 Å². The molecule has 0 amide bonds. The van der Waals surface area contributed by atoms with Crippen molar-refractivity contribution in [2.75, 3.05) is 13.1 Å². The van der Waals surface area contributed by atoms with Crippen molar-refractivity contribution in [3.63, 3.8) is 0 Å². The summed E-state index contributed by atoms with van der Waals surface area (Å²) in [4.78, 5) is 13.0. The van der Waals surface area contributed by atoms with Crippen LogP contribution in [0.3, 0.4) is 0 Å². The molecule has 1 aliphatic heterocycles. The van der Waals surface area contributed by atoms with Gasteiger partial charge in [-0.25, -0.2) is 0 Å². The molecule has 3 rings (SSSR count). The monoisotopic (exact) mass is 277 g/mol. The zero-order valence-electron chi connectivity index (χ0n) is 10.9. The van der Waals surface area contributed by atoms with Gasteiger partial charge in [-0.1, -0.05) is 0 Å². The highest BCUT2D eigenvalue weighted by atomic mass is 16.4. The van der Waals surface area contributed by atoms with E-state index in [0.29, 0.717) is 36.9 Å². The molecule has 7 nitrogen and oxygen atoms in total. The summed E-state index contributed by atoms with van der Waals surface area (Å²) in [6, 6.07) is 3.52. The molecule has 0 aliphatic carbocycles. The fourth-order valence-electron chi connectivity index (χ4n) is 2.35. The van der Waals surface area contributed by atoms with E-state index in [-0.39, 0.29) is 5.92 Å². The molecule has 2 aromatic heterocycles. The fourth-order valence-corrected chi connectivity index (χ4v) is 2.35. The first-order chi connectivity index (χ1) is 9.72. The molecule has 106 valence electrons. The Labute approximate surface area is 115 Å². The van der Waals surface area contributed by atoms with Crippen LogP contribution in [0.2, 0.25) is 0 Å². The van der Waals surface area contributed by atoms with Gasteiger partial charge in [-0.2, -0.15) is 0 Å². The fraction of sp³-hybridized carbons (Fsp3) is 0.462. The molecule has 0 unspecified atom stereocenters. The quantitative estimate of drug-likeness (QED) is 0.907. The highest BCUT2D eigenvalue weighted by Crippen LogP contribution is 2.21. The lowest BCUT2D eigenvalue weighted by Crippen LogP contribution is -2.35. The predicted molar refractivity (Wildman–Crippen MR) is 67.6 cm³/mol. The lowest BCUT2D eigenvalue weighted by molar-refractivity contribution is -0.143. The van der Waals surface area contributed by atoms with Crippen molar-refractivity contribution in [1.82, 2.24) is 15.1 Å². The summed E-state index contributed by atoms with van der Waals surface area (Å²) in [7, 11) is 0. The minimum atomic E-state index is -0.706. The summed E-state index contributed by atoms with van der Waals surface area (Å²) in [5, 5.41) is 16.9. The number of rotatable bonds is 4. The van der Waals surface area contributed by atoms with E-state index in [4.69, 9.17) is 13.9 Å². The Bertz CT molecular complexity index is 570. The number of aliphatic carboxylic acids is 1. The highest BCUT2D eigenvalue weighted by Gasteiger charge is 2.25. The first-order valence-corrected chi connectivity index (χ1v) is 6.54. The van der Waals surface area contributed by atoms with Crippen LogP contribution in [0.5, 0.6) is 0 Å². The normalized spacial score (nSPS) is 17.4. The van der Waals surface area contributed by atoms with Gasteiger partial charge >= 0.3 is 5.97 Å². The van der Waals surface area contributed by atoms with Crippen LogP contribution >= 0.6 is 0 Å². The molecule has 1 aliphatic rings. The van der Waals surface area contributed by atoms with E-state index in [0.717, 1.165) is 13.1 Å². The van der Waals surface area contributed by atoms with Crippen molar-refractivity contribution in [2.24, 2.45) is 5.92 Å². The van der Waals surface area contributed by atoms with E-state index in [1.54, 1.807) is 18.4 Å². The Balaban J connectivity index is 1.58. The summed E-state index contributed by atoms with van der Waals surface area (Å²) in [6.07, 6.45) is 2.87. The van der Waals surface area contributed by atoms with Crippen LogP contribution in [0.1, 0.15) is 18.7 Å². The molecule has 1 fully saturated rings. The van der Waals surface area contributed by atoms with E-state index >= 15 is 0 Å². The van der Waals surface area contributed by atoms with Crippen molar-refractivity contribution in [1.29, 1.82) is 0 Å². The van der Waals surface area contributed by atoms with Crippen LogP contribution in [-0.2, 0) is 11.3 Å². The summed E-state index contributed by atoms with van der Waals surface area (Å²) in [5.41, 5.74) is 0. The molecule has 0 radical (unpaired) electrons. The van der Waals surface area contributed by atoms with E-state index in [2.05, 4.69) is 15.1 Å². The maximum atomic E-state index is 10.9. The SMILES string of the molecule is O=C(O)C1CCN(Cc2nnc(-c3ccco3)o2)CC1. The lowest BCUT2D eigenvalue weighted by Gasteiger charge is -2.28. The molecule has 1 N–H and O–H groups in total. The summed E-state index contributed by atoms with van der Waals surface area (Å²) >= 11 is 0. The van der Waals surface area contributed by atoms with Crippen molar-refractivity contribution in [2.45, 2.75) is 19.4 Å². The van der Waals surface area contributed by atoms with Crippen molar-refractivity contribution >= 4 is 5.97 Å². The van der Waals surface area contributed by atoms with Gasteiger partial charge < -0.3 is 13.9 Å². The van der Waals surface area contributed by atoms with Crippen LogP contribution < -0.4 is 0 Å². The zero-order chi connectivity index (χ0) is 13.9. The third-order valence-corrected chi connectivity index (χ3v) is 3.49. The number of likely N-dealkylation sites (tertiary alicyclic amines) is 1. The van der Waals surface area contributed by atoms with Crippen LogP contribution in [0.25, 0.3) is 11.7 Å². The van der Waals surface area contributed by atoms with Gasteiger partial charge in [0.1, 0.15) is 0 Å². The van der Waals surface area contributed by atoms with Gasteiger partial charge in [0.15, 0.2) is 5.76 Å². The second-order valence-electron chi connectivity index (χ2n) is 4.87. The van der Waals surface area contributed by atoms with E-state index in [1.165, 1.54) is 0 Å². The number of carbonyl (C=O) groups is 1. The maximum absolute atomic E-state index is 10.9. The molecule has 20 heavy (non-hydrogen) atoms. The van der Waals surface area contributed by atoms with Crippen LogP contribution in [0, 0.1) is 5.92 Å². The van der Waals surface area contributed by atoms with Gasteiger partial charge in [-0.3, -0.25) is 9.69 Å². The van der Waals surface area contributed by atoms with Crippen LogP contribution in [0.15, 0.2) is 27.2 Å². The van der Waals surface area contributed by atoms with Crippen molar-refractivity contribution in [3.8, 4) is 11.7 Å². The first kappa shape index (κ1) is 12.9. The molecule has 2 aromatic rings.